The van der Waals surface area contributed by atoms with Gasteiger partial charge in [-0.2, -0.15) is 0 Å². The van der Waals surface area contributed by atoms with Crippen molar-refractivity contribution in [2.24, 2.45) is 0 Å². The van der Waals surface area contributed by atoms with Crippen LogP contribution in [0.5, 0.6) is 0 Å². The van der Waals surface area contributed by atoms with E-state index in [1.165, 1.54) is 7.11 Å². The minimum Gasteiger partial charge on any atom is -0.465 e. The number of esters is 1. The molecule has 0 saturated carbocycles. The second kappa shape index (κ2) is 4.61. The zero-order valence-electron chi connectivity index (χ0n) is 11.0. The summed E-state index contributed by atoms with van der Waals surface area (Å²) < 4.78 is 4.67. The summed E-state index contributed by atoms with van der Waals surface area (Å²) in [6.45, 7) is 4.88. The lowest BCUT2D eigenvalue weighted by Gasteiger charge is -2.35. The molecule has 1 fully saturated rings. The van der Waals surface area contributed by atoms with E-state index >= 15 is 0 Å². The number of ether oxygens (including phenoxy) is 1. The van der Waals surface area contributed by atoms with Gasteiger partial charge in [-0.1, -0.05) is 0 Å². The number of methoxy groups -OCH3 is 1. The smallest absolute Gasteiger partial charge is 0.337 e. The average molecular weight is 249 g/mol. The number of aliphatic hydroxyl groups excluding tert-OH is 1. The predicted octanol–water partition coefficient (Wildman–Crippen LogP) is 1.82. The lowest BCUT2D eigenvalue weighted by Crippen LogP contribution is -2.45. The lowest BCUT2D eigenvalue weighted by atomic mass is 9.98. The van der Waals surface area contributed by atoms with Gasteiger partial charge in [0.15, 0.2) is 0 Å². The molecule has 0 amide bonds. The molecule has 0 aromatic heterocycles. The van der Waals surface area contributed by atoms with Crippen LogP contribution in [0, 0.1) is 0 Å². The van der Waals surface area contributed by atoms with Gasteiger partial charge in [0, 0.05) is 12.2 Å². The summed E-state index contributed by atoms with van der Waals surface area (Å²) in [5.74, 6) is -0.331. The van der Waals surface area contributed by atoms with E-state index < -0.39 is 0 Å². The van der Waals surface area contributed by atoms with E-state index in [4.69, 9.17) is 0 Å². The third-order valence-corrected chi connectivity index (χ3v) is 3.74. The number of anilines is 1. The van der Waals surface area contributed by atoms with Crippen molar-refractivity contribution < 1.29 is 14.6 Å². The molecule has 4 heteroatoms. The van der Waals surface area contributed by atoms with Crippen LogP contribution in [0.1, 0.15) is 30.6 Å². The highest BCUT2D eigenvalue weighted by Crippen LogP contribution is 2.33. The SMILES string of the molecule is COC(=O)c1ccc(N2CCC(O)C2(C)C)cc1. The Morgan fingerprint density at radius 2 is 2.00 bits per heavy atom. The van der Waals surface area contributed by atoms with Gasteiger partial charge in [-0.05, 0) is 44.5 Å². The molecule has 1 aromatic rings. The van der Waals surface area contributed by atoms with E-state index in [0.717, 1.165) is 18.7 Å². The summed E-state index contributed by atoms with van der Waals surface area (Å²) in [5, 5.41) is 9.95. The highest BCUT2D eigenvalue weighted by Gasteiger charge is 2.40. The third-order valence-electron chi connectivity index (χ3n) is 3.74. The molecule has 0 aliphatic carbocycles. The van der Waals surface area contributed by atoms with Crippen molar-refractivity contribution in [2.45, 2.75) is 31.9 Å². The van der Waals surface area contributed by atoms with Crippen LogP contribution in [0.15, 0.2) is 24.3 Å². The topological polar surface area (TPSA) is 49.8 Å². The minimum absolute atomic E-state index is 0.271. The van der Waals surface area contributed by atoms with Gasteiger partial charge in [0.2, 0.25) is 0 Å². The zero-order chi connectivity index (χ0) is 13.3. The van der Waals surface area contributed by atoms with Gasteiger partial charge in [0.1, 0.15) is 0 Å². The van der Waals surface area contributed by atoms with Gasteiger partial charge in [-0.3, -0.25) is 0 Å². The van der Waals surface area contributed by atoms with Crippen LogP contribution in [0.2, 0.25) is 0 Å². The van der Waals surface area contributed by atoms with Crippen LogP contribution >= 0.6 is 0 Å². The molecule has 1 unspecified atom stereocenters. The van der Waals surface area contributed by atoms with Crippen molar-refractivity contribution in [3.8, 4) is 0 Å². The average Bonchev–Trinajstić information content (AvgIpc) is 2.63. The summed E-state index contributed by atoms with van der Waals surface area (Å²) in [5.41, 5.74) is 1.29. The first-order valence-electron chi connectivity index (χ1n) is 6.11. The number of rotatable bonds is 2. The fourth-order valence-corrected chi connectivity index (χ4v) is 2.43. The van der Waals surface area contributed by atoms with E-state index in [1.54, 1.807) is 12.1 Å². The standard InChI is InChI=1S/C14H19NO3/c1-14(2)12(16)8-9-15(14)11-6-4-10(5-7-11)13(17)18-3/h4-7,12,16H,8-9H2,1-3H3. The summed E-state index contributed by atoms with van der Waals surface area (Å²) in [6.07, 6.45) is 0.448. The van der Waals surface area contributed by atoms with Crippen molar-refractivity contribution in [1.82, 2.24) is 0 Å². The molecule has 1 heterocycles. The van der Waals surface area contributed by atoms with E-state index in [0.29, 0.717) is 5.56 Å². The molecule has 0 radical (unpaired) electrons. The molecule has 1 atom stereocenters. The Bertz CT molecular complexity index is 439. The van der Waals surface area contributed by atoms with E-state index in [-0.39, 0.29) is 17.6 Å². The summed E-state index contributed by atoms with van der Waals surface area (Å²) >= 11 is 0. The van der Waals surface area contributed by atoms with Gasteiger partial charge < -0.3 is 14.7 Å². The van der Waals surface area contributed by atoms with Gasteiger partial charge in [0.05, 0.1) is 24.3 Å². The number of hydrogen-bond acceptors (Lipinski definition) is 4. The van der Waals surface area contributed by atoms with Crippen LogP contribution in [-0.4, -0.2) is 36.4 Å². The highest BCUT2D eigenvalue weighted by molar-refractivity contribution is 5.89. The Labute approximate surface area is 107 Å². The number of aliphatic hydroxyl groups is 1. The van der Waals surface area contributed by atoms with Gasteiger partial charge in [-0.25, -0.2) is 4.79 Å². The number of carbonyl (C=O) groups is 1. The molecular weight excluding hydrogens is 230 g/mol. The summed E-state index contributed by atoms with van der Waals surface area (Å²) in [7, 11) is 1.37. The third kappa shape index (κ3) is 2.08. The Balaban J connectivity index is 2.23. The molecule has 18 heavy (non-hydrogen) atoms. The predicted molar refractivity (Wildman–Crippen MR) is 69.8 cm³/mol. The van der Waals surface area contributed by atoms with Crippen LogP contribution in [-0.2, 0) is 4.74 Å². The van der Waals surface area contributed by atoms with Crippen LogP contribution in [0.4, 0.5) is 5.69 Å². The molecule has 1 saturated heterocycles. The van der Waals surface area contributed by atoms with Gasteiger partial charge in [0.25, 0.3) is 0 Å². The molecule has 0 bridgehead atoms. The monoisotopic (exact) mass is 249 g/mol. The van der Waals surface area contributed by atoms with E-state index in [9.17, 15) is 9.90 Å². The maximum atomic E-state index is 11.3. The Morgan fingerprint density at radius 1 is 1.39 bits per heavy atom. The fraction of sp³-hybridized carbons (Fsp3) is 0.500. The van der Waals surface area contributed by atoms with Gasteiger partial charge >= 0.3 is 5.97 Å². The minimum atomic E-state index is -0.331. The lowest BCUT2D eigenvalue weighted by molar-refractivity contribution is 0.0600. The number of hydrogen-bond donors (Lipinski definition) is 1. The van der Waals surface area contributed by atoms with Crippen LogP contribution in [0.3, 0.4) is 0 Å². The quantitative estimate of drug-likeness (QED) is 0.812. The van der Waals surface area contributed by atoms with Crippen molar-refractivity contribution in [2.75, 3.05) is 18.6 Å². The van der Waals surface area contributed by atoms with Gasteiger partial charge in [-0.15, -0.1) is 0 Å². The molecule has 2 rings (SSSR count). The van der Waals surface area contributed by atoms with Crippen molar-refractivity contribution in [1.29, 1.82) is 0 Å². The molecule has 1 aromatic carbocycles. The van der Waals surface area contributed by atoms with Crippen molar-refractivity contribution in [3.63, 3.8) is 0 Å². The Morgan fingerprint density at radius 3 is 2.44 bits per heavy atom. The first-order valence-corrected chi connectivity index (χ1v) is 6.11. The maximum absolute atomic E-state index is 11.3. The molecule has 98 valence electrons. The zero-order valence-corrected chi connectivity index (χ0v) is 11.0. The normalized spacial score (nSPS) is 22.0. The second-order valence-corrected chi connectivity index (χ2v) is 5.15. The molecule has 1 aliphatic heterocycles. The fourth-order valence-electron chi connectivity index (χ4n) is 2.43. The van der Waals surface area contributed by atoms with E-state index in [2.05, 4.69) is 9.64 Å². The molecule has 1 N–H and O–H groups in total. The van der Waals surface area contributed by atoms with Crippen LogP contribution < -0.4 is 4.90 Å². The van der Waals surface area contributed by atoms with Crippen molar-refractivity contribution >= 4 is 11.7 Å². The summed E-state index contributed by atoms with van der Waals surface area (Å²) in [6, 6.07) is 7.29. The molecule has 0 spiro atoms. The molecule has 1 aliphatic rings. The molecule has 4 nitrogen and oxygen atoms in total. The largest absolute Gasteiger partial charge is 0.465 e. The first kappa shape index (κ1) is 12.9. The second-order valence-electron chi connectivity index (χ2n) is 5.15. The van der Waals surface area contributed by atoms with Crippen molar-refractivity contribution in [3.05, 3.63) is 29.8 Å². The number of nitrogens with zero attached hydrogens (tertiary/aromatic N) is 1. The highest BCUT2D eigenvalue weighted by atomic mass is 16.5. The first-order chi connectivity index (χ1) is 8.46. The Kier molecular flexibility index (Phi) is 3.30. The van der Waals surface area contributed by atoms with E-state index in [1.807, 2.05) is 26.0 Å². The maximum Gasteiger partial charge on any atom is 0.337 e. The Hall–Kier alpha value is -1.55. The molecular formula is C14H19NO3. The van der Waals surface area contributed by atoms with Crippen LogP contribution in [0.25, 0.3) is 0 Å². The number of benzene rings is 1. The summed E-state index contributed by atoms with van der Waals surface area (Å²) in [4.78, 5) is 13.5. The number of carbonyl (C=O) groups excluding carboxylic acids is 1.